The maximum atomic E-state index is 10.8. The van der Waals surface area contributed by atoms with Crippen LogP contribution in [0.2, 0.25) is 0 Å². The van der Waals surface area contributed by atoms with Gasteiger partial charge in [0.15, 0.2) is 0 Å². The van der Waals surface area contributed by atoms with Crippen molar-refractivity contribution in [2.75, 3.05) is 0 Å². The lowest BCUT2D eigenvalue weighted by Crippen LogP contribution is -2.37. The highest BCUT2D eigenvalue weighted by Gasteiger charge is 2.34. The van der Waals surface area contributed by atoms with Crippen molar-refractivity contribution in [2.24, 2.45) is 5.92 Å². The smallest absolute Gasteiger partial charge is 0.320 e. The number of nitrogens with one attached hydrogen (secondary N) is 1. The molecule has 1 saturated carbocycles. The van der Waals surface area contributed by atoms with Crippen molar-refractivity contribution in [3.63, 3.8) is 0 Å². The predicted molar refractivity (Wildman–Crippen MR) is 60.0 cm³/mol. The topological polar surface area (TPSA) is 49.3 Å². The summed E-state index contributed by atoms with van der Waals surface area (Å²) in [5, 5.41) is 14.1. The molecule has 0 radical (unpaired) electrons. The highest BCUT2D eigenvalue weighted by Crippen LogP contribution is 2.42. The summed E-state index contributed by atoms with van der Waals surface area (Å²) >= 11 is 1.70. The van der Waals surface area contributed by atoms with Crippen LogP contribution in [0, 0.1) is 5.92 Å². The Morgan fingerprint density at radius 1 is 1.67 bits per heavy atom. The van der Waals surface area contributed by atoms with Crippen LogP contribution in [0.5, 0.6) is 0 Å². The zero-order chi connectivity index (χ0) is 10.8. The van der Waals surface area contributed by atoms with E-state index in [4.69, 9.17) is 5.11 Å². The van der Waals surface area contributed by atoms with Gasteiger partial charge < -0.3 is 5.11 Å². The fourth-order valence-electron chi connectivity index (χ4n) is 1.69. The zero-order valence-electron chi connectivity index (χ0n) is 8.64. The van der Waals surface area contributed by atoms with Gasteiger partial charge in [-0.05, 0) is 37.1 Å². The van der Waals surface area contributed by atoms with Gasteiger partial charge in [0.2, 0.25) is 0 Å². The summed E-state index contributed by atoms with van der Waals surface area (Å²) in [6, 6.07) is 3.85. The molecule has 2 rings (SSSR count). The fraction of sp³-hybridized carbons (Fsp3) is 0.545. The third kappa shape index (κ3) is 2.58. The minimum absolute atomic E-state index is 0.232. The van der Waals surface area contributed by atoms with E-state index in [0.29, 0.717) is 5.92 Å². The number of carbonyl (C=O) groups is 1. The molecule has 2 N–H and O–H groups in total. The minimum Gasteiger partial charge on any atom is -0.480 e. The first-order valence-corrected chi connectivity index (χ1v) is 6.08. The van der Waals surface area contributed by atoms with Crippen LogP contribution in [0.4, 0.5) is 0 Å². The first kappa shape index (κ1) is 10.6. The van der Waals surface area contributed by atoms with Gasteiger partial charge in [-0.2, -0.15) is 0 Å². The van der Waals surface area contributed by atoms with Gasteiger partial charge in [0.1, 0.15) is 6.04 Å². The summed E-state index contributed by atoms with van der Waals surface area (Å²) in [7, 11) is 0. The third-order valence-corrected chi connectivity index (χ3v) is 3.70. The normalized spacial score (nSPS) is 19.8. The lowest BCUT2D eigenvalue weighted by atomic mass is 10.1. The Kier molecular flexibility index (Phi) is 3.07. The number of carboxylic acid groups (broad SMARTS) is 1. The van der Waals surface area contributed by atoms with Crippen LogP contribution in [0.3, 0.4) is 0 Å². The van der Waals surface area contributed by atoms with Gasteiger partial charge in [-0.3, -0.25) is 10.1 Å². The summed E-state index contributed by atoms with van der Waals surface area (Å²) in [6.45, 7) is 1.70. The zero-order valence-corrected chi connectivity index (χ0v) is 9.46. The molecule has 0 spiro atoms. The van der Waals surface area contributed by atoms with E-state index in [-0.39, 0.29) is 6.04 Å². The third-order valence-electron chi connectivity index (χ3n) is 2.74. The van der Waals surface area contributed by atoms with E-state index in [9.17, 15) is 4.79 Å². The van der Waals surface area contributed by atoms with Crippen LogP contribution in [-0.4, -0.2) is 17.1 Å². The number of carboxylic acids is 1. The fourth-order valence-corrected chi connectivity index (χ4v) is 2.57. The maximum Gasteiger partial charge on any atom is 0.320 e. The van der Waals surface area contributed by atoms with Gasteiger partial charge in [-0.1, -0.05) is 6.07 Å². The molecule has 1 heterocycles. The molecule has 2 atom stereocenters. The number of aliphatic carboxylic acids is 1. The van der Waals surface area contributed by atoms with Crippen molar-refractivity contribution in [2.45, 2.75) is 31.8 Å². The van der Waals surface area contributed by atoms with Crippen LogP contribution in [0.25, 0.3) is 0 Å². The Morgan fingerprint density at radius 2 is 2.40 bits per heavy atom. The molecular formula is C11H15NO2S. The second kappa shape index (κ2) is 4.33. The van der Waals surface area contributed by atoms with E-state index in [0.717, 1.165) is 0 Å². The van der Waals surface area contributed by atoms with Gasteiger partial charge in [-0.25, -0.2) is 0 Å². The van der Waals surface area contributed by atoms with Gasteiger partial charge in [-0.15, -0.1) is 11.3 Å². The van der Waals surface area contributed by atoms with Crippen LogP contribution >= 0.6 is 11.3 Å². The molecular weight excluding hydrogens is 210 g/mol. The van der Waals surface area contributed by atoms with E-state index in [1.807, 2.05) is 11.4 Å². The highest BCUT2D eigenvalue weighted by molar-refractivity contribution is 7.10. The van der Waals surface area contributed by atoms with Crippen molar-refractivity contribution in [1.29, 1.82) is 0 Å². The number of hydrogen-bond acceptors (Lipinski definition) is 3. The van der Waals surface area contributed by atoms with Crippen molar-refractivity contribution in [3.05, 3.63) is 22.4 Å². The van der Waals surface area contributed by atoms with Crippen LogP contribution in [0.15, 0.2) is 17.5 Å². The van der Waals surface area contributed by atoms with Crippen molar-refractivity contribution >= 4 is 17.3 Å². The second-order valence-corrected chi connectivity index (χ2v) is 5.04. The molecule has 3 nitrogen and oxygen atoms in total. The van der Waals surface area contributed by atoms with Gasteiger partial charge in [0, 0.05) is 10.9 Å². The van der Waals surface area contributed by atoms with E-state index in [1.54, 1.807) is 18.3 Å². The summed E-state index contributed by atoms with van der Waals surface area (Å²) in [4.78, 5) is 12.0. The average Bonchev–Trinajstić information content (AvgIpc) is 2.89. The molecule has 1 aromatic rings. The van der Waals surface area contributed by atoms with Crippen molar-refractivity contribution < 1.29 is 9.90 Å². The van der Waals surface area contributed by atoms with E-state index in [2.05, 4.69) is 11.4 Å². The van der Waals surface area contributed by atoms with Crippen LogP contribution in [-0.2, 0) is 4.79 Å². The summed E-state index contributed by atoms with van der Waals surface area (Å²) in [6.07, 6.45) is 2.42. The Bertz CT molecular complexity index is 332. The lowest BCUT2D eigenvalue weighted by molar-refractivity contribution is -0.139. The Morgan fingerprint density at radius 3 is 2.87 bits per heavy atom. The molecule has 1 aliphatic rings. The first-order chi connectivity index (χ1) is 7.18. The number of rotatable bonds is 5. The molecule has 0 aliphatic heterocycles. The molecule has 2 unspecified atom stereocenters. The van der Waals surface area contributed by atoms with Gasteiger partial charge >= 0.3 is 5.97 Å². The number of thiophene rings is 1. The van der Waals surface area contributed by atoms with E-state index >= 15 is 0 Å². The van der Waals surface area contributed by atoms with Crippen LogP contribution < -0.4 is 5.32 Å². The molecule has 0 aromatic carbocycles. The molecule has 15 heavy (non-hydrogen) atoms. The van der Waals surface area contributed by atoms with Crippen molar-refractivity contribution in [1.82, 2.24) is 5.32 Å². The lowest BCUT2D eigenvalue weighted by Gasteiger charge is -2.19. The standard InChI is InChI=1S/C11H15NO2S/c1-7(11(13)14)12-10(8-4-5-8)9-3-2-6-15-9/h2-3,6-8,10,12H,4-5H2,1H3,(H,13,14). The average molecular weight is 225 g/mol. The van der Waals surface area contributed by atoms with Crippen LogP contribution in [0.1, 0.15) is 30.7 Å². The Labute approximate surface area is 93.1 Å². The second-order valence-electron chi connectivity index (χ2n) is 4.06. The van der Waals surface area contributed by atoms with Gasteiger partial charge in [0.05, 0.1) is 0 Å². The maximum absolute atomic E-state index is 10.8. The molecule has 0 amide bonds. The number of hydrogen-bond donors (Lipinski definition) is 2. The van der Waals surface area contributed by atoms with E-state index < -0.39 is 12.0 Å². The molecule has 0 saturated heterocycles. The van der Waals surface area contributed by atoms with Crippen molar-refractivity contribution in [3.8, 4) is 0 Å². The SMILES string of the molecule is CC(NC(c1cccs1)C1CC1)C(=O)O. The molecule has 1 fully saturated rings. The molecule has 0 bridgehead atoms. The minimum atomic E-state index is -0.780. The Hall–Kier alpha value is -0.870. The monoisotopic (exact) mass is 225 g/mol. The van der Waals surface area contributed by atoms with E-state index in [1.165, 1.54) is 17.7 Å². The summed E-state index contributed by atoms with van der Waals surface area (Å²) in [5.41, 5.74) is 0. The summed E-state index contributed by atoms with van der Waals surface area (Å²) in [5.74, 6) is -0.150. The quantitative estimate of drug-likeness (QED) is 0.808. The Balaban J connectivity index is 2.04. The molecule has 1 aromatic heterocycles. The van der Waals surface area contributed by atoms with Gasteiger partial charge in [0.25, 0.3) is 0 Å². The summed E-state index contributed by atoms with van der Waals surface area (Å²) < 4.78 is 0. The highest BCUT2D eigenvalue weighted by atomic mass is 32.1. The predicted octanol–water partition coefficient (Wildman–Crippen LogP) is 2.26. The largest absolute Gasteiger partial charge is 0.480 e. The molecule has 4 heteroatoms. The first-order valence-electron chi connectivity index (χ1n) is 5.20. The molecule has 82 valence electrons. The molecule has 1 aliphatic carbocycles.